The lowest BCUT2D eigenvalue weighted by molar-refractivity contribution is -0.136. The van der Waals surface area contributed by atoms with Gasteiger partial charge in [-0.15, -0.1) is 0 Å². The van der Waals surface area contributed by atoms with Gasteiger partial charge in [-0.25, -0.2) is 9.79 Å². The summed E-state index contributed by atoms with van der Waals surface area (Å²) in [7, 11) is 2.92. The van der Waals surface area contributed by atoms with Gasteiger partial charge in [0.05, 0.1) is 36.1 Å². The number of carbonyl (C=O) groups excluding carboxylic acids is 1. The maximum atomic E-state index is 13.4. The lowest BCUT2D eigenvalue weighted by atomic mass is 9.96. The fourth-order valence-corrected chi connectivity index (χ4v) is 4.65. The van der Waals surface area contributed by atoms with Gasteiger partial charge in [0, 0.05) is 0 Å². The van der Waals surface area contributed by atoms with E-state index in [0.717, 1.165) is 16.7 Å². The van der Waals surface area contributed by atoms with Crippen LogP contribution in [0.5, 0.6) is 5.75 Å². The molecule has 0 bridgehead atoms. The number of ether oxygens (including phenoxy) is 2. The molecule has 0 unspecified atom stereocenters. The number of aromatic nitrogens is 1. The van der Waals surface area contributed by atoms with Crippen LogP contribution in [0, 0.1) is 6.92 Å². The molecule has 4 rings (SSSR count). The van der Waals surface area contributed by atoms with Crippen LogP contribution in [0.2, 0.25) is 0 Å². The number of carbonyl (C=O) groups is 1. The normalized spacial score (nSPS) is 16.0. The summed E-state index contributed by atoms with van der Waals surface area (Å²) in [4.78, 5) is 31.2. The van der Waals surface area contributed by atoms with Gasteiger partial charge < -0.3 is 9.47 Å². The largest absolute Gasteiger partial charge is 0.497 e. The molecule has 1 aromatic heterocycles. The predicted octanol–water partition coefficient (Wildman–Crippen LogP) is 2.73. The van der Waals surface area contributed by atoms with Crippen LogP contribution in [0.4, 0.5) is 0 Å². The molecule has 0 amide bonds. The van der Waals surface area contributed by atoms with Gasteiger partial charge in [-0.2, -0.15) is 0 Å². The summed E-state index contributed by atoms with van der Waals surface area (Å²) in [5, 5.41) is 0. The molecule has 0 radical (unpaired) electrons. The van der Waals surface area contributed by atoms with E-state index in [1.54, 1.807) is 18.6 Å². The Morgan fingerprint density at radius 2 is 1.74 bits per heavy atom. The highest BCUT2D eigenvalue weighted by Crippen LogP contribution is 2.31. The minimum absolute atomic E-state index is 0.195. The Labute approximate surface area is 183 Å². The van der Waals surface area contributed by atoms with Crippen molar-refractivity contribution in [3.63, 3.8) is 0 Å². The fourth-order valence-electron chi connectivity index (χ4n) is 3.61. The molecule has 0 saturated heterocycles. The van der Waals surface area contributed by atoms with Crippen LogP contribution < -0.4 is 19.6 Å². The highest BCUT2D eigenvalue weighted by Gasteiger charge is 2.33. The van der Waals surface area contributed by atoms with Crippen LogP contribution in [-0.4, -0.2) is 24.8 Å². The Balaban J connectivity index is 1.94. The first-order valence-electron chi connectivity index (χ1n) is 9.74. The minimum Gasteiger partial charge on any atom is -0.497 e. The van der Waals surface area contributed by atoms with E-state index in [2.05, 4.69) is 4.99 Å². The number of hydrogen-bond acceptors (Lipinski definition) is 6. The Hall–Kier alpha value is -3.45. The van der Waals surface area contributed by atoms with E-state index in [1.165, 1.54) is 18.4 Å². The molecular weight excluding hydrogens is 412 g/mol. The second kappa shape index (κ2) is 8.35. The number of fused-ring (bicyclic) bond motifs is 1. The summed E-state index contributed by atoms with van der Waals surface area (Å²) in [6.07, 6.45) is 1.85. The molecule has 7 heteroatoms. The standard InChI is InChI=1S/C24H22N2O4S/c1-14-5-7-16(8-6-14)13-19-22(27)26-21(17-9-11-18(29-3)12-10-17)20(23(28)30-4)15(2)25-24(26)31-19/h5-13,21H,1-4H3/b19-13-/t21-/m1/s1. The van der Waals surface area contributed by atoms with Gasteiger partial charge in [0.2, 0.25) is 0 Å². The third kappa shape index (κ3) is 3.84. The molecule has 1 aliphatic rings. The highest BCUT2D eigenvalue weighted by atomic mass is 32.1. The molecule has 1 aliphatic heterocycles. The van der Waals surface area contributed by atoms with Crippen molar-refractivity contribution in [2.45, 2.75) is 19.9 Å². The molecule has 0 saturated carbocycles. The average Bonchev–Trinajstić information content (AvgIpc) is 3.08. The number of allylic oxidation sites excluding steroid dienone is 1. The quantitative estimate of drug-likeness (QED) is 0.592. The van der Waals surface area contributed by atoms with Gasteiger partial charge in [0.1, 0.15) is 5.75 Å². The van der Waals surface area contributed by atoms with Crippen LogP contribution in [0.3, 0.4) is 0 Å². The maximum absolute atomic E-state index is 13.4. The molecule has 0 spiro atoms. The Bertz CT molecular complexity index is 1350. The zero-order chi connectivity index (χ0) is 22.1. The number of rotatable bonds is 4. The number of hydrogen-bond donors (Lipinski definition) is 0. The van der Waals surface area contributed by atoms with Crippen LogP contribution in [-0.2, 0) is 9.53 Å². The molecular formula is C24H22N2O4S. The number of aryl methyl sites for hydroxylation is 1. The lowest BCUT2D eigenvalue weighted by Crippen LogP contribution is -2.39. The van der Waals surface area contributed by atoms with Crippen molar-refractivity contribution < 1.29 is 14.3 Å². The average molecular weight is 435 g/mol. The molecule has 6 nitrogen and oxygen atoms in total. The lowest BCUT2D eigenvalue weighted by Gasteiger charge is -2.24. The molecule has 0 fully saturated rings. The van der Waals surface area contributed by atoms with Crippen molar-refractivity contribution in [1.29, 1.82) is 0 Å². The smallest absolute Gasteiger partial charge is 0.338 e. The number of esters is 1. The monoisotopic (exact) mass is 434 g/mol. The minimum atomic E-state index is -0.630. The predicted molar refractivity (Wildman–Crippen MR) is 120 cm³/mol. The first-order chi connectivity index (χ1) is 14.9. The third-order valence-electron chi connectivity index (χ3n) is 5.23. The summed E-state index contributed by atoms with van der Waals surface area (Å²) in [6.45, 7) is 3.78. The molecule has 31 heavy (non-hydrogen) atoms. The van der Waals surface area contributed by atoms with Crippen molar-refractivity contribution in [3.8, 4) is 5.75 Å². The third-order valence-corrected chi connectivity index (χ3v) is 6.22. The van der Waals surface area contributed by atoms with E-state index >= 15 is 0 Å². The molecule has 0 aliphatic carbocycles. The van der Waals surface area contributed by atoms with Crippen molar-refractivity contribution >= 4 is 23.4 Å². The zero-order valence-electron chi connectivity index (χ0n) is 17.7. The van der Waals surface area contributed by atoms with Crippen LogP contribution in [0.15, 0.2) is 69.6 Å². The summed E-state index contributed by atoms with van der Waals surface area (Å²) in [5.41, 5.74) is 3.55. The number of methoxy groups -OCH3 is 2. The second-order valence-electron chi connectivity index (χ2n) is 7.26. The SMILES string of the molecule is COC(=O)C1=C(C)N=c2s/c(=C\c3ccc(C)cc3)c(=O)n2[C@@H]1c1ccc(OC)cc1. The van der Waals surface area contributed by atoms with Gasteiger partial charge in [0.15, 0.2) is 4.80 Å². The van der Waals surface area contributed by atoms with E-state index in [9.17, 15) is 9.59 Å². The summed E-state index contributed by atoms with van der Waals surface area (Å²) < 4.78 is 12.4. The summed E-state index contributed by atoms with van der Waals surface area (Å²) >= 11 is 1.31. The molecule has 1 atom stereocenters. The molecule has 0 N–H and O–H groups in total. The topological polar surface area (TPSA) is 69.9 Å². The Morgan fingerprint density at radius 1 is 1.06 bits per heavy atom. The van der Waals surface area contributed by atoms with Crippen molar-refractivity contribution in [3.05, 3.63) is 96.2 Å². The van der Waals surface area contributed by atoms with Gasteiger partial charge in [-0.05, 0) is 43.2 Å². The molecule has 2 aromatic carbocycles. The molecule has 3 aromatic rings. The van der Waals surface area contributed by atoms with E-state index in [4.69, 9.17) is 9.47 Å². The zero-order valence-corrected chi connectivity index (χ0v) is 18.5. The van der Waals surface area contributed by atoms with Crippen LogP contribution >= 0.6 is 11.3 Å². The summed E-state index contributed by atoms with van der Waals surface area (Å²) in [5.74, 6) is 0.186. The number of thiazole rings is 1. The Kier molecular flexibility index (Phi) is 5.61. The van der Waals surface area contributed by atoms with Crippen molar-refractivity contribution in [2.75, 3.05) is 14.2 Å². The second-order valence-corrected chi connectivity index (χ2v) is 8.27. The fraction of sp³-hybridized carbons (Fsp3) is 0.208. The van der Waals surface area contributed by atoms with E-state index < -0.39 is 12.0 Å². The van der Waals surface area contributed by atoms with Crippen molar-refractivity contribution in [1.82, 2.24) is 4.57 Å². The van der Waals surface area contributed by atoms with E-state index in [-0.39, 0.29) is 5.56 Å². The first kappa shape index (κ1) is 20.8. The first-order valence-corrected chi connectivity index (χ1v) is 10.6. The van der Waals surface area contributed by atoms with Gasteiger partial charge in [0.25, 0.3) is 5.56 Å². The van der Waals surface area contributed by atoms with Crippen molar-refractivity contribution in [2.24, 2.45) is 4.99 Å². The Morgan fingerprint density at radius 3 is 2.35 bits per heavy atom. The van der Waals surface area contributed by atoms with Gasteiger partial charge in [-0.3, -0.25) is 9.36 Å². The van der Waals surface area contributed by atoms with Crippen LogP contribution in [0.1, 0.15) is 29.7 Å². The molecule has 158 valence electrons. The van der Waals surface area contributed by atoms with E-state index in [0.29, 0.717) is 26.4 Å². The number of nitrogens with zero attached hydrogens (tertiary/aromatic N) is 2. The highest BCUT2D eigenvalue weighted by molar-refractivity contribution is 7.07. The van der Waals surface area contributed by atoms with Gasteiger partial charge in [-0.1, -0.05) is 53.3 Å². The molecule has 2 heterocycles. The van der Waals surface area contributed by atoms with Gasteiger partial charge >= 0.3 is 5.97 Å². The number of benzene rings is 2. The van der Waals surface area contributed by atoms with Crippen LogP contribution in [0.25, 0.3) is 6.08 Å². The van der Waals surface area contributed by atoms with E-state index in [1.807, 2.05) is 61.5 Å². The maximum Gasteiger partial charge on any atom is 0.338 e. The summed E-state index contributed by atoms with van der Waals surface area (Å²) in [6, 6.07) is 14.6.